The zero-order valence-electron chi connectivity index (χ0n) is 10.8. The quantitative estimate of drug-likeness (QED) is 0.847. The molecule has 0 aliphatic carbocycles. The fourth-order valence-corrected chi connectivity index (χ4v) is 2.50. The van der Waals surface area contributed by atoms with Gasteiger partial charge in [-0.2, -0.15) is 0 Å². The summed E-state index contributed by atoms with van der Waals surface area (Å²) in [4.78, 5) is 6.69. The fourth-order valence-electron chi connectivity index (χ4n) is 2.50. The molecule has 2 rings (SSSR count). The minimum atomic E-state index is -0.0960. The van der Waals surface area contributed by atoms with E-state index in [1.807, 2.05) is 12.1 Å². The average molecular weight is 235 g/mol. The van der Waals surface area contributed by atoms with Crippen molar-refractivity contribution >= 4 is 5.69 Å². The van der Waals surface area contributed by atoms with Gasteiger partial charge in [-0.15, -0.1) is 0 Å². The highest BCUT2D eigenvalue weighted by Crippen LogP contribution is 2.22. The van der Waals surface area contributed by atoms with Crippen LogP contribution in [0.25, 0.3) is 0 Å². The second-order valence-corrected chi connectivity index (χ2v) is 5.40. The van der Waals surface area contributed by atoms with Crippen molar-refractivity contribution in [1.29, 1.82) is 0 Å². The zero-order chi connectivity index (χ0) is 12.5. The third kappa shape index (κ3) is 3.17. The maximum absolute atomic E-state index is 5.92. The van der Waals surface area contributed by atoms with E-state index in [4.69, 9.17) is 10.5 Å². The third-order valence-corrected chi connectivity index (χ3v) is 2.94. The molecule has 1 unspecified atom stereocenters. The Morgan fingerprint density at radius 2 is 2.35 bits per heavy atom. The van der Waals surface area contributed by atoms with E-state index in [0.717, 1.165) is 31.0 Å². The molecule has 17 heavy (non-hydrogen) atoms. The van der Waals surface area contributed by atoms with Crippen molar-refractivity contribution in [1.82, 2.24) is 9.88 Å². The molecule has 1 aliphatic heterocycles. The monoisotopic (exact) mass is 235 g/mol. The van der Waals surface area contributed by atoms with Gasteiger partial charge in [-0.1, -0.05) is 0 Å². The van der Waals surface area contributed by atoms with Crippen LogP contribution in [0.3, 0.4) is 0 Å². The molecule has 1 aromatic heterocycles. The van der Waals surface area contributed by atoms with E-state index in [9.17, 15) is 0 Å². The molecule has 0 radical (unpaired) electrons. The molecule has 0 bridgehead atoms. The normalized spacial score (nSPS) is 24.8. The van der Waals surface area contributed by atoms with Crippen molar-refractivity contribution in [2.45, 2.75) is 39.0 Å². The van der Waals surface area contributed by atoms with E-state index in [-0.39, 0.29) is 11.7 Å². The number of pyridine rings is 1. The van der Waals surface area contributed by atoms with Crippen LogP contribution in [0.2, 0.25) is 0 Å². The van der Waals surface area contributed by atoms with Crippen molar-refractivity contribution in [2.24, 2.45) is 0 Å². The van der Waals surface area contributed by atoms with Crippen molar-refractivity contribution < 1.29 is 4.74 Å². The lowest BCUT2D eigenvalue weighted by molar-refractivity contribution is -0.130. The Balaban J connectivity index is 2.06. The largest absolute Gasteiger partial charge is 0.397 e. The molecule has 1 fully saturated rings. The molecule has 4 heteroatoms. The maximum Gasteiger partial charge on any atom is 0.0772 e. The van der Waals surface area contributed by atoms with Gasteiger partial charge in [0.2, 0.25) is 0 Å². The number of nitrogens with two attached hydrogens (primary N) is 1. The Morgan fingerprint density at radius 3 is 3.00 bits per heavy atom. The van der Waals surface area contributed by atoms with E-state index >= 15 is 0 Å². The number of nitrogens with zero attached hydrogens (tertiary/aromatic N) is 2. The van der Waals surface area contributed by atoms with Crippen LogP contribution in [0.1, 0.15) is 26.5 Å². The maximum atomic E-state index is 5.92. The summed E-state index contributed by atoms with van der Waals surface area (Å²) >= 11 is 0. The van der Waals surface area contributed by atoms with Crippen LogP contribution in [0.15, 0.2) is 18.3 Å². The minimum Gasteiger partial charge on any atom is -0.397 e. The highest BCUT2D eigenvalue weighted by Gasteiger charge is 2.31. The number of anilines is 1. The molecule has 0 spiro atoms. The molecular formula is C13H21N3O. The first-order valence-corrected chi connectivity index (χ1v) is 6.06. The molecule has 94 valence electrons. The van der Waals surface area contributed by atoms with Gasteiger partial charge < -0.3 is 10.5 Å². The summed E-state index contributed by atoms with van der Waals surface area (Å²) in [5, 5.41) is 0. The predicted octanol–water partition coefficient (Wildman–Crippen LogP) is 1.66. The topological polar surface area (TPSA) is 51.4 Å². The standard InChI is InChI=1S/C13H21N3O/c1-10-7-16(9-13(2,3)17-10)8-12-11(14)5-4-6-15-12/h4-6,10H,7-9,14H2,1-3H3. The summed E-state index contributed by atoms with van der Waals surface area (Å²) in [6.07, 6.45) is 2.05. The van der Waals surface area contributed by atoms with Crippen molar-refractivity contribution in [3.63, 3.8) is 0 Å². The number of hydrogen-bond acceptors (Lipinski definition) is 4. The fraction of sp³-hybridized carbons (Fsp3) is 0.615. The molecular weight excluding hydrogens is 214 g/mol. The van der Waals surface area contributed by atoms with Crippen LogP contribution in [-0.2, 0) is 11.3 Å². The smallest absolute Gasteiger partial charge is 0.0772 e. The van der Waals surface area contributed by atoms with Crippen LogP contribution in [0.4, 0.5) is 5.69 Å². The van der Waals surface area contributed by atoms with Gasteiger partial charge in [-0.3, -0.25) is 9.88 Å². The summed E-state index contributed by atoms with van der Waals surface area (Å²) in [7, 11) is 0. The first-order valence-electron chi connectivity index (χ1n) is 6.06. The lowest BCUT2D eigenvalue weighted by atomic mass is 10.1. The van der Waals surface area contributed by atoms with Crippen molar-refractivity contribution in [2.75, 3.05) is 18.8 Å². The molecule has 2 heterocycles. The van der Waals surface area contributed by atoms with Gasteiger partial charge in [-0.25, -0.2) is 0 Å². The van der Waals surface area contributed by atoms with E-state index in [1.165, 1.54) is 0 Å². The first-order chi connectivity index (χ1) is 7.96. The second kappa shape index (κ2) is 4.63. The van der Waals surface area contributed by atoms with Crippen LogP contribution < -0.4 is 5.73 Å². The molecule has 1 aromatic rings. The van der Waals surface area contributed by atoms with Gasteiger partial charge in [0.1, 0.15) is 0 Å². The summed E-state index contributed by atoms with van der Waals surface area (Å²) < 4.78 is 5.88. The molecule has 0 aromatic carbocycles. The van der Waals surface area contributed by atoms with Gasteiger partial charge in [0, 0.05) is 25.8 Å². The number of aromatic nitrogens is 1. The van der Waals surface area contributed by atoms with Gasteiger partial charge >= 0.3 is 0 Å². The van der Waals surface area contributed by atoms with E-state index in [1.54, 1.807) is 6.20 Å². The molecule has 2 N–H and O–H groups in total. The van der Waals surface area contributed by atoms with Crippen LogP contribution in [0.5, 0.6) is 0 Å². The molecule has 1 atom stereocenters. The number of nitrogen functional groups attached to an aromatic ring is 1. The number of hydrogen-bond donors (Lipinski definition) is 1. The second-order valence-electron chi connectivity index (χ2n) is 5.40. The molecule has 0 saturated carbocycles. The van der Waals surface area contributed by atoms with E-state index in [0.29, 0.717) is 0 Å². The lowest BCUT2D eigenvalue weighted by Gasteiger charge is -2.41. The molecule has 1 saturated heterocycles. The highest BCUT2D eigenvalue weighted by molar-refractivity contribution is 5.41. The molecule has 4 nitrogen and oxygen atoms in total. The Bertz CT molecular complexity index is 392. The first kappa shape index (κ1) is 12.3. The SMILES string of the molecule is CC1CN(Cc2ncccc2N)CC(C)(C)O1. The minimum absolute atomic E-state index is 0.0960. The Morgan fingerprint density at radius 1 is 1.59 bits per heavy atom. The lowest BCUT2D eigenvalue weighted by Crippen LogP contribution is -2.51. The van der Waals surface area contributed by atoms with E-state index in [2.05, 4.69) is 30.7 Å². The summed E-state index contributed by atoms with van der Waals surface area (Å²) in [6.45, 7) is 8.99. The highest BCUT2D eigenvalue weighted by atomic mass is 16.5. The van der Waals surface area contributed by atoms with Gasteiger partial charge in [0.25, 0.3) is 0 Å². The van der Waals surface area contributed by atoms with Crippen LogP contribution >= 0.6 is 0 Å². The summed E-state index contributed by atoms with van der Waals surface area (Å²) in [6, 6.07) is 3.77. The number of morpholine rings is 1. The van der Waals surface area contributed by atoms with Crippen molar-refractivity contribution in [3.05, 3.63) is 24.0 Å². The number of ether oxygens (including phenoxy) is 1. The number of rotatable bonds is 2. The Hall–Kier alpha value is -1.13. The summed E-state index contributed by atoms with van der Waals surface area (Å²) in [5.74, 6) is 0. The Labute approximate surface area is 103 Å². The summed E-state index contributed by atoms with van der Waals surface area (Å²) in [5.41, 5.74) is 7.55. The van der Waals surface area contributed by atoms with Gasteiger partial charge in [0.15, 0.2) is 0 Å². The predicted molar refractivity (Wildman–Crippen MR) is 68.6 cm³/mol. The van der Waals surface area contributed by atoms with Crippen molar-refractivity contribution in [3.8, 4) is 0 Å². The van der Waals surface area contributed by atoms with E-state index < -0.39 is 0 Å². The van der Waals surface area contributed by atoms with Gasteiger partial charge in [-0.05, 0) is 32.9 Å². The Kier molecular flexibility index (Phi) is 3.35. The average Bonchev–Trinajstić information content (AvgIpc) is 2.18. The zero-order valence-corrected chi connectivity index (χ0v) is 10.8. The van der Waals surface area contributed by atoms with Crippen LogP contribution in [-0.4, -0.2) is 34.7 Å². The van der Waals surface area contributed by atoms with Crippen LogP contribution in [0, 0.1) is 0 Å². The van der Waals surface area contributed by atoms with Gasteiger partial charge in [0.05, 0.1) is 23.1 Å². The third-order valence-electron chi connectivity index (χ3n) is 2.94. The molecule has 0 amide bonds. The molecule has 1 aliphatic rings.